The normalized spacial score (nSPS) is 14.9. The van der Waals surface area contributed by atoms with Gasteiger partial charge in [0.15, 0.2) is 0 Å². The van der Waals surface area contributed by atoms with Gasteiger partial charge in [-0.05, 0) is 40.8 Å². The molecule has 0 saturated heterocycles. The van der Waals surface area contributed by atoms with Crippen LogP contribution < -0.4 is 9.47 Å². The van der Waals surface area contributed by atoms with Crippen LogP contribution in [0.25, 0.3) is 12.2 Å². The van der Waals surface area contributed by atoms with Crippen LogP contribution in [0.2, 0.25) is 0 Å². The second-order valence-corrected chi connectivity index (χ2v) is 6.69. The molecule has 1 heterocycles. The Hall–Kier alpha value is -2.22. The molecule has 2 nitrogen and oxygen atoms in total. The molecule has 114 valence electrons. The van der Waals surface area contributed by atoms with Gasteiger partial charge in [-0.25, -0.2) is 0 Å². The monoisotopic (exact) mass is 294 g/mol. The van der Waals surface area contributed by atoms with Crippen LogP contribution in [0.3, 0.4) is 0 Å². The molecule has 2 aromatic rings. The van der Waals surface area contributed by atoms with E-state index in [1.165, 1.54) is 11.1 Å². The van der Waals surface area contributed by atoms with E-state index in [-0.39, 0.29) is 5.41 Å². The highest BCUT2D eigenvalue weighted by Crippen LogP contribution is 2.32. The highest BCUT2D eigenvalue weighted by atomic mass is 16.5. The average molecular weight is 294 g/mol. The Morgan fingerprint density at radius 2 is 1.73 bits per heavy atom. The summed E-state index contributed by atoms with van der Waals surface area (Å²) < 4.78 is 11.3. The van der Waals surface area contributed by atoms with Crippen molar-refractivity contribution in [1.29, 1.82) is 0 Å². The first-order valence-corrected chi connectivity index (χ1v) is 7.60. The number of hydrogen-bond donors (Lipinski definition) is 0. The van der Waals surface area contributed by atoms with Crippen LogP contribution in [0.5, 0.6) is 11.5 Å². The quantitative estimate of drug-likeness (QED) is 0.732. The van der Waals surface area contributed by atoms with Gasteiger partial charge in [0.1, 0.15) is 18.1 Å². The summed E-state index contributed by atoms with van der Waals surface area (Å²) in [6, 6.07) is 12.5. The molecule has 0 fully saturated rings. The van der Waals surface area contributed by atoms with Crippen LogP contribution in [0.15, 0.2) is 36.4 Å². The smallest absolute Gasteiger partial charge is 0.127 e. The van der Waals surface area contributed by atoms with Gasteiger partial charge >= 0.3 is 0 Å². The number of benzene rings is 2. The Bertz CT molecular complexity index is 721. The zero-order chi connectivity index (χ0) is 15.7. The number of fused-ring (bicyclic) bond motifs is 2. The molecule has 1 aliphatic rings. The van der Waals surface area contributed by atoms with E-state index in [0.29, 0.717) is 6.61 Å². The number of hydrogen-bond acceptors (Lipinski definition) is 2. The zero-order valence-corrected chi connectivity index (χ0v) is 13.6. The first-order valence-electron chi connectivity index (χ1n) is 7.60. The summed E-state index contributed by atoms with van der Waals surface area (Å²) in [6.07, 6.45) is 4.29. The van der Waals surface area contributed by atoms with Crippen LogP contribution in [-0.4, -0.2) is 7.11 Å². The topological polar surface area (TPSA) is 18.5 Å². The fourth-order valence-electron chi connectivity index (χ4n) is 2.61. The van der Waals surface area contributed by atoms with Gasteiger partial charge in [-0.1, -0.05) is 45.1 Å². The largest absolute Gasteiger partial charge is 0.497 e. The van der Waals surface area contributed by atoms with Crippen molar-refractivity contribution in [1.82, 2.24) is 0 Å². The van der Waals surface area contributed by atoms with Crippen molar-refractivity contribution in [2.45, 2.75) is 32.8 Å². The molecule has 0 aliphatic carbocycles. The molecule has 22 heavy (non-hydrogen) atoms. The number of methoxy groups -OCH3 is 1. The molecule has 0 spiro atoms. The lowest BCUT2D eigenvalue weighted by Gasteiger charge is -2.22. The van der Waals surface area contributed by atoms with Gasteiger partial charge in [0, 0.05) is 11.1 Å². The molecular weight excluding hydrogens is 272 g/mol. The van der Waals surface area contributed by atoms with E-state index < -0.39 is 0 Å². The molecule has 0 atom stereocenters. The van der Waals surface area contributed by atoms with E-state index in [9.17, 15) is 0 Å². The Labute approximate surface area is 132 Å². The predicted molar refractivity (Wildman–Crippen MR) is 91.4 cm³/mol. The molecule has 2 heteroatoms. The summed E-state index contributed by atoms with van der Waals surface area (Å²) >= 11 is 0. The Morgan fingerprint density at radius 3 is 2.45 bits per heavy atom. The second-order valence-electron chi connectivity index (χ2n) is 6.69. The van der Waals surface area contributed by atoms with E-state index in [0.717, 1.165) is 22.6 Å². The molecule has 0 aromatic heterocycles. The van der Waals surface area contributed by atoms with Crippen LogP contribution in [0, 0.1) is 0 Å². The van der Waals surface area contributed by atoms with Crippen molar-refractivity contribution in [3.63, 3.8) is 0 Å². The first-order chi connectivity index (χ1) is 10.5. The Morgan fingerprint density at radius 1 is 0.955 bits per heavy atom. The molecule has 0 radical (unpaired) electrons. The summed E-state index contributed by atoms with van der Waals surface area (Å²) in [6.45, 7) is 7.23. The van der Waals surface area contributed by atoms with E-state index >= 15 is 0 Å². The van der Waals surface area contributed by atoms with Gasteiger partial charge in [-0.3, -0.25) is 0 Å². The van der Waals surface area contributed by atoms with Gasteiger partial charge in [-0.15, -0.1) is 0 Å². The van der Waals surface area contributed by atoms with Crippen molar-refractivity contribution in [2.75, 3.05) is 7.11 Å². The summed E-state index contributed by atoms with van der Waals surface area (Å²) in [5.41, 5.74) is 4.90. The first kappa shape index (κ1) is 14.7. The van der Waals surface area contributed by atoms with Gasteiger partial charge in [-0.2, -0.15) is 0 Å². The Kier molecular flexibility index (Phi) is 3.69. The maximum atomic E-state index is 6.02. The van der Waals surface area contributed by atoms with Crippen LogP contribution >= 0.6 is 0 Å². The molecule has 1 aliphatic heterocycles. The highest BCUT2D eigenvalue weighted by molar-refractivity contribution is 5.75. The van der Waals surface area contributed by atoms with E-state index in [1.807, 2.05) is 12.1 Å². The zero-order valence-electron chi connectivity index (χ0n) is 13.6. The minimum atomic E-state index is 0.135. The lowest BCUT2D eigenvalue weighted by molar-refractivity contribution is 0.303. The van der Waals surface area contributed by atoms with Crippen LogP contribution in [-0.2, 0) is 12.0 Å². The van der Waals surface area contributed by atoms with E-state index in [2.05, 4.69) is 57.2 Å². The van der Waals surface area contributed by atoms with Crippen molar-refractivity contribution >= 4 is 12.2 Å². The van der Waals surface area contributed by atoms with Gasteiger partial charge < -0.3 is 9.47 Å². The van der Waals surface area contributed by atoms with E-state index in [4.69, 9.17) is 9.47 Å². The predicted octanol–water partition coefficient (Wildman–Crippen LogP) is 5.06. The third-order valence-electron chi connectivity index (χ3n) is 4.05. The summed E-state index contributed by atoms with van der Waals surface area (Å²) in [5.74, 6) is 1.79. The molecule has 0 saturated carbocycles. The minimum absolute atomic E-state index is 0.135. The van der Waals surface area contributed by atoms with Crippen LogP contribution in [0.4, 0.5) is 0 Å². The fraction of sp³-hybridized carbons (Fsp3) is 0.300. The van der Waals surface area contributed by atoms with Gasteiger partial charge in [0.05, 0.1) is 7.11 Å². The lowest BCUT2D eigenvalue weighted by atomic mass is 9.86. The third kappa shape index (κ3) is 2.87. The van der Waals surface area contributed by atoms with Crippen molar-refractivity contribution in [3.8, 4) is 11.5 Å². The minimum Gasteiger partial charge on any atom is -0.497 e. The molecule has 0 amide bonds. The Balaban J connectivity index is 2.02. The van der Waals surface area contributed by atoms with Gasteiger partial charge in [0.25, 0.3) is 0 Å². The molecule has 3 rings (SSSR count). The molecular formula is C20H22O2. The van der Waals surface area contributed by atoms with Gasteiger partial charge in [0.2, 0.25) is 0 Å². The summed E-state index contributed by atoms with van der Waals surface area (Å²) in [4.78, 5) is 0. The lowest BCUT2D eigenvalue weighted by Crippen LogP contribution is -2.11. The highest BCUT2D eigenvalue weighted by Gasteiger charge is 2.16. The fourth-order valence-corrected chi connectivity index (χ4v) is 2.61. The second kappa shape index (κ2) is 5.53. The van der Waals surface area contributed by atoms with Crippen molar-refractivity contribution in [2.24, 2.45) is 0 Å². The van der Waals surface area contributed by atoms with Crippen LogP contribution in [0.1, 0.15) is 43.0 Å². The third-order valence-corrected chi connectivity index (χ3v) is 4.05. The maximum Gasteiger partial charge on any atom is 0.127 e. The molecule has 0 unspecified atom stereocenters. The molecule has 0 bridgehead atoms. The number of rotatable bonds is 1. The number of ether oxygens (including phenoxy) is 2. The standard InChI is InChI=1S/C20H22O2/c1-20(2,3)17-8-10-19-15(11-17)6-5-14-7-9-18(21-4)12-16(14)13-22-19/h5-12H,13H2,1-4H3/b6-5-. The summed E-state index contributed by atoms with van der Waals surface area (Å²) in [5, 5.41) is 0. The van der Waals surface area contributed by atoms with E-state index in [1.54, 1.807) is 7.11 Å². The maximum absolute atomic E-state index is 6.02. The SMILES string of the molecule is COc1ccc2c(c1)COc1ccc(C(C)(C)C)cc1/C=C\2. The molecule has 0 N–H and O–H groups in total. The van der Waals surface area contributed by atoms with Crippen molar-refractivity contribution in [3.05, 3.63) is 58.7 Å². The van der Waals surface area contributed by atoms with Crippen molar-refractivity contribution < 1.29 is 9.47 Å². The average Bonchev–Trinajstić information content (AvgIpc) is 2.48. The summed E-state index contributed by atoms with van der Waals surface area (Å²) in [7, 11) is 1.69. The molecule has 2 aromatic carbocycles.